The molecule has 1 aromatic carbocycles. The van der Waals surface area contributed by atoms with Crippen LogP contribution in [0.2, 0.25) is 0 Å². The molecule has 7 nitrogen and oxygen atoms in total. The van der Waals surface area contributed by atoms with Crippen LogP contribution in [0.25, 0.3) is 0 Å². The van der Waals surface area contributed by atoms with Crippen molar-refractivity contribution < 1.29 is 9.59 Å². The van der Waals surface area contributed by atoms with Gasteiger partial charge in [-0.2, -0.15) is 0 Å². The first kappa shape index (κ1) is 16.3. The van der Waals surface area contributed by atoms with Gasteiger partial charge in [0.15, 0.2) is 0 Å². The minimum atomic E-state index is -0.811. The van der Waals surface area contributed by atoms with Gasteiger partial charge in [-0.3, -0.25) is 9.59 Å². The fourth-order valence-corrected chi connectivity index (χ4v) is 2.06. The number of hydrogen-bond donors (Lipinski definition) is 3. The second kappa shape index (κ2) is 7.26. The molecule has 23 heavy (non-hydrogen) atoms. The molecule has 0 spiro atoms. The Morgan fingerprint density at radius 1 is 1.09 bits per heavy atom. The van der Waals surface area contributed by atoms with Crippen molar-refractivity contribution in [3.05, 3.63) is 64.6 Å². The summed E-state index contributed by atoms with van der Waals surface area (Å²) >= 11 is 0. The Bertz CT molecular complexity index is 755. The van der Waals surface area contributed by atoms with Gasteiger partial charge in [0.2, 0.25) is 11.5 Å². The zero-order chi connectivity index (χ0) is 16.8. The Morgan fingerprint density at radius 3 is 2.39 bits per heavy atom. The number of rotatable bonds is 4. The number of nitrogens with one attached hydrogen (secondary N) is 3. The minimum absolute atomic E-state index is 0.177. The molecule has 0 unspecified atom stereocenters. The summed E-state index contributed by atoms with van der Waals surface area (Å²) < 4.78 is 1.35. The van der Waals surface area contributed by atoms with Crippen molar-refractivity contribution in [3.63, 3.8) is 0 Å². The number of urea groups is 1. The van der Waals surface area contributed by atoms with E-state index in [9.17, 15) is 14.4 Å². The maximum absolute atomic E-state index is 12.1. The van der Waals surface area contributed by atoms with Crippen LogP contribution in [0.3, 0.4) is 0 Å². The Hall–Kier alpha value is -3.09. The molecule has 1 aromatic heterocycles. The van der Waals surface area contributed by atoms with Gasteiger partial charge >= 0.3 is 6.03 Å². The molecule has 0 bridgehead atoms. The number of amides is 3. The third-order valence-electron chi connectivity index (χ3n) is 3.26. The summed E-state index contributed by atoms with van der Waals surface area (Å²) in [6.07, 6.45) is 1.50. The fraction of sp³-hybridized carbons (Fsp3) is 0.188. The first-order valence-corrected chi connectivity index (χ1v) is 7.02. The summed E-state index contributed by atoms with van der Waals surface area (Å²) in [6.45, 7) is 0. The van der Waals surface area contributed by atoms with Crippen molar-refractivity contribution in [2.24, 2.45) is 7.05 Å². The minimum Gasteiger partial charge on any atom is -0.357 e. The molecular weight excluding hydrogens is 296 g/mol. The van der Waals surface area contributed by atoms with E-state index in [1.54, 1.807) is 31.3 Å². The molecular formula is C16H18N4O3. The number of anilines is 1. The van der Waals surface area contributed by atoms with Gasteiger partial charge in [0, 0.05) is 26.4 Å². The average Bonchev–Trinajstić information content (AvgIpc) is 2.56. The molecule has 0 radical (unpaired) electrons. The molecule has 2 aromatic rings. The van der Waals surface area contributed by atoms with Crippen molar-refractivity contribution in [1.29, 1.82) is 0 Å². The zero-order valence-electron chi connectivity index (χ0n) is 12.9. The summed E-state index contributed by atoms with van der Waals surface area (Å²) in [4.78, 5) is 35.5. The lowest BCUT2D eigenvalue weighted by atomic mass is 10.1. The number of aromatic nitrogens is 1. The molecule has 1 atom stereocenters. The number of aryl methyl sites for hydroxylation is 1. The molecule has 0 fully saturated rings. The van der Waals surface area contributed by atoms with Crippen molar-refractivity contribution >= 4 is 17.6 Å². The van der Waals surface area contributed by atoms with Crippen molar-refractivity contribution in [1.82, 2.24) is 15.2 Å². The van der Waals surface area contributed by atoms with Crippen LogP contribution in [-0.4, -0.2) is 23.6 Å². The molecule has 0 aliphatic heterocycles. The molecule has 0 saturated carbocycles. The Labute approximate surface area is 133 Å². The summed E-state index contributed by atoms with van der Waals surface area (Å²) in [5, 5.41) is 7.74. The topological polar surface area (TPSA) is 92.2 Å². The molecule has 7 heteroatoms. The average molecular weight is 314 g/mol. The van der Waals surface area contributed by atoms with Gasteiger partial charge < -0.3 is 20.5 Å². The van der Waals surface area contributed by atoms with Crippen LogP contribution in [0.15, 0.2) is 53.5 Å². The van der Waals surface area contributed by atoms with Gasteiger partial charge in [-0.15, -0.1) is 0 Å². The number of carbonyl (C=O) groups is 2. The third kappa shape index (κ3) is 4.19. The highest BCUT2D eigenvalue weighted by Gasteiger charge is 2.21. The first-order valence-electron chi connectivity index (χ1n) is 7.02. The standard InChI is InChI=1S/C16H18N4O3/c1-17-15(22)14(11-6-4-3-5-7-11)19-16(23)18-12-8-9-13(21)20(2)10-12/h3-10,14H,1-2H3,(H,17,22)(H2,18,19,23)/t14-/m0/s1. The van der Waals surface area contributed by atoms with Gasteiger partial charge in [0.25, 0.3) is 0 Å². The van der Waals surface area contributed by atoms with E-state index in [1.165, 1.54) is 29.9 Å². The van der Waals surface area contributed by atoms with E-state index in [4.69, 9.17) is 0 Å². The highest BCUT2D eigenvalue weighted by molar-refractivity contribution is 5.94. The van der Waals surface area contributed by atoms with Gasteiger partial charge in [-0.25, -0.2) is 4.79 Å². The highest BCUT2D eigenvalue weighted by atomic mass is 16.2. The molecule has 1 heterocycles. The normalized spacial score (nSPS) is 11.4. The summed E-state index contributed by atoms with van der Waals surface area (Å²) in [6, 6.07) is 10.4. The number of nitrogens with zero attached hydrogens (tertiary/aromatic N) is 1. The molecule has 3 amide bonds. The monoisotopic (exact) mass is 314 g/mol. The summed E-state index contributed by atoms with van der Waals surface area (Å²) in [7, 11) is 3.09. The van der Waals surface area contributed by atoms with E-state index < -0.39 is 12.1 Å². The van der Waals surface area contributed by atoms with Crippen molar-refractivity contribution in [2.45, 2.75) is 6.04 Å². The van der Waals surface area contributed by atoms with E-state index in [2.05, 4.69) is 16.0 Å². The van der Waals surface area contributed by atoms with Crippen LogP contribution in [0, 0.1) is 0 Å². The Kier molecular flexibility index (Phi) is 5.14. The quantitative estimate of drug-likeness (QED) is 0.786. The molecule has 2 rings (SSSR count). The third-order valence-corrected chi connectivity index (χ3v) is 3.26. The predicted molar refractivity (Wildman–Crippen MR) is 87.1 cm³/mol. The van der Waals surface area contributed by atoms with E-state index in [-0.39, 0.29) is 11.5 Å². The molecule has 0 aliphatic rings. The molecule has 0 saturated heterocycles. The van der Waals surface area contributed by atoms with Crippen LogP contribution in [0.4, 0.5) is 10.5 Å². The van der Waals surface area contributed by atoms with Gasteiger partial charge in [-0.05, 0) is 11.6 Å². The van der Waals surface area contributed by atoms with E-state index >= 15 is 0 Å². The number of likely N-dealkylation sites (N-methyl/N-ethyl adjacent to an activating group) is 1. The van der Waals surface area contributed by atoms with Crippen LogP contribution >= 0.6 is 0 Å². The number of benzene rings is 1. The summed E-state index contributed by atoms with van der Waals surface area (Å²) in [5.41, 5.74) is 0.944. The Morgan fingerprint density at radius 2 is 1.78 bits per heavy atom. The molecule has 120 valence electrons. The smallest absolute Gasteiger partial charge is 0.320 e. The first-order chi connectivity index (χ1) is 11.0. The highest BCUT2D eigenvalue weighted by Crippen LogP contribution is 2.13. The van der Waals surface area contributed by atoms with Gasteiger partial charge in [-0.1, -0.05) is 30.3 Å². The van der Waals surface area contributed by atoms with E-state index in [0.29, 0.717) is 11.3 Å². The largest absolute Gasteiger partial charge is 0.357 e. The number of hydrogen-bond acceptors (Lipinski definition) is 3. The van der Waals surface area contributed by atoms with Crippen LogP contribution in [-0.2, 0) is 11.8 Å². The zero-order valence-corrected chi connectivity index (χ0v) is 12.9. The lowest BCUT2D eigenvalue weighted by Gasteiger charge is -2.18. The van der Waals surface area contributed by atoms with Crippen molar-refractivity contribution in [2.75, 3.05) is 12.4 Å². The van der Waals surface area contributed by atoms with E-state index in [0.717, 1.165) is 0 Å². The summed E-state index contributed by atoms with van der Waals surface area (Å²) in [5.74, 6) is -0.327. The van der Waals surface area contributed by atoms with Gasteiger partial charge in [0.05, 0.1) is 5.69 Å². The van der Waals surface area contributed by atoms with Crippen LogP contribution in [0.5, 0.6) is 0 Å². The lowest BCUT2D eigenvalue weighted by Crippen LogP contribution is -2.41. The maximum Gasteiger partial charge on any atom is 0.320 e. The Balaban J connectivity index is 2.13. The second-order valence-electron chi connectivity index (χ2n) is 4.92. The van der Waals surface area contributed by atoms with E-state index in [1.807, 2.05) is 6.07 Å². The second-order valence-corrected chi connectivity index (χ2v) is 4.92. The lowest BCUT2D eigenvalue weighted by molar-refractivity contribution is -0.122. The van der Waals surface area contributed by atoms with Crippen LogP contribution in [0.1, 0.15) is 11.6 Å². The van der Waals surface area contributed by atoms with Gasteiger partial charge in [0.1, 0.15) is 6.04 Å². The number of pyridine rings is 1. The SMILES string of the molecule is CNC(=O)[C@@H](NC(=O)Nc1ccc(=O)n(C)c1)c1ccccc1. The van der Waals surface area contributed by atoms with Crippen molar-refractivity contribution in [3.8, 4) is 0 Å². The molecule has 0 aliphatic carbocycles. The molecule has 3 N–H and O–H groups in total. The predicted octanol–water partition coefficient (Wildman–Crippen LogP) is 0.994. The van der Waals surface area contributed by atoms with Crippen LogP contribution < -0.4 is 21.5 Å². The number of carbonyl (C=O) groups excluding carboxylic acids is 2. The fourth-order valence-electron chi connectivity index (χ4n) is 2.06. The maximum atomic E-state index is 12.1.